The summed E-state index contributed by atoms with van der Waals surface area (Å²) in [5.41, 5.74) is 55.1. The summed E-state index contributed by atoms with van der Waals surface area (Å²) in [7, 11) is 0. The minimum atomic E-state index is -0.642. The van der Waals surface area contributed by atoms with Crippen LogP contribution < -0.4 is 0 Å². The van der Waals surface area contributed by atoms with Gasteiger partial charge in [-0.25, -0.2) is 0 Å². The average Bonchev–Trinajstić information content (AvgIpc) is 1.51. The van der Waals surface area contributed by atoms with Crippen molar-refractivity contribution in [3.8, 4) is 167 Å². The van der Waals surface area contributed by atoms with Gasteiger partial charge in [-0.2, -0.15) is 0 Å². The van der Waals surface area contributed by atoms with E-state index in [-0.39, 0.29) is 0 Å². The minimum Gasteiger partial charge on any atom is -0.456 e. The highest BCUT2D eigenvalue weighted by molar-refractivity contribution is 7.25. The Bertz CT molecular complexity index is 11100. The van der Waals surface area contributed by atoms with Crippen molar-refractivity contribution in [2.75, 3.05) is 0 Å². The predicted molar refractivity (Wildman–Crippen MR) is 606 cm³/mol. The second-order valence-electron chi connectivity index (χ2n) is 41.8. The van der Waals surface area contributed by atoms with E-state index in [0.29, 0.717) is 0 Å². The topological polar surface area (TPSA) is 26.3 Å². The number of hydrogen-bond donors (Lipinski definition) is 0. The SMILES string of the molecule is c1ccc2c(c1)-c1cc(-c3cccc4c3oc3ccc(-c5cccc6c5-c5ccccc5C65c6ccccc6-c6cc7c8cc(-c9ccc%10c(c9)oc9ccc(-c%11cccc%12c%11-c%11ccccc%11C%12%11c%12ccccc%12-c%12c%11cc%11c%13c(cccc%12%13)-c%12ccccc%12-%11)cc9%10)ccc8c8ccccc8c7cc65)cc34)cc3c4c(cc-2c13)C1(c2ccccc2-c2cc(-c3ccc5sc6ccccc6c5c3)ccc21)c1ccccc1-4. The minimum absolute atomic E-state index is 0.534. The summed E-state index contributed by atoms with van der Waals surface area (Å²) >= 11 is 1.87. The lowest BCUT2D eigenvalue weighted by Crippen LogP contribution is -2.26. The first-order valence-corrected chi connectivity index (χ1v) is 51.9. The fraction of sp³-hybridized carbons (Fsp3) is 0.0210. The fourth-order valence-electron chi connectivity index (χ4n) is 30.0. The largest absolute Gasteiger partial charge is 0.456 e. The van der Waals surface area contributed by atoms with Gasteiger partial charge in [-0.15, -0.1) is 11.3 Å². The number of furan rings is 2. The maximum absolute atomic E-state index is 7.40. The first kappa shape index (κ1) is 77.4. The number of hydrogen-bond acceptors (Lipinski definition) is 3. The molecule has 0 saturated carbocycles. The molecular formula is C143H76O2S. The summed E-state index contributed by atoms with van der Waals surface area (Å²) in [6.07, 6.45) is 0. The van der Waals surface area contributed by atoms with Crippen LogP contribution in [0.4, 0.5) is 0 Å². The van der Waals surface area contributed by atoms with Gasteiger partial charge in [-0.05, 0) is 385 Å². The summed E-state index contributed by atoms with van der Waals surface area (Å²) in [6, 6.07) is 178. The third kappa shape index (κ3) is 9.32. The van der Waals surface area contributed by atoms with Crippen LogP contribution in [0.25, 0.3) is 285 Å². The van der Waals surface area contributed by atoms with E-state index < -0.39 is 16.2 Å². The molecule has 25 aromatic carbocycles. The third-order valence-electron chi connectivity index (χ3n) is 35.5. The monoisotopic (exact) mass is 1860 g/mol. The average molecular weight is 1860 g/mol. The van der Waals surface area contributed by atoms with Crippen LogP contribution in [-0.2, 0) is 16.2 Å². The van der Waals surface area contributed by atoms with Gasteiger partial charge in [-0.3, -0.25) is 0 Å². The highest BCUT2D eigenvalue weighted by Gasteiger charge is 2.57. The molecule has 666 valence electrons. The molecule has 0 bridgehead atoms. The Morgan fingerprint density at radius 3 is 1.12 bits per heavy atom. The lowest BCUT2D eigenvalue weighted by atomic mass is 9.70. The Balaban J connectivity index is 0.471. The van der Waals surface area contributed by atoms with E-state index in [1.54, 1.807) is 0 Å². The van der Waals surface area contributed by atoms with Crippen LogP contribution in [0, 0.1) is 0 Å². The van der Waals surface area contributed by atoms with Crippen LogP contribution in [0.15, 0.2) is 470 Å². The summed E-state index contributed by atoms with van der Waals surface area (Å²) in [5, 5.41) is 19.7. The van der Waals surface area contributed by atoms with E-state index in [1.165, 1.54) is 280 Å². The molecule has 8 aliphatic rings. The van der Waals surface area contributed by atoms with Gasteiger partial charge >= 0.3 is 0 Å². The van der Waals surface area contributed by atoms with Crippen LogP contribution in [0.1, 0.15) is 66.8 Å². The van der Waals surface area contributed by atoms with Gasteiger partial charge in [0.2, 0.25) is 0 Å². The molecule has 3 unspecified atom stereocenters. The Kier molecular flexibility index (Phi) is 14.5. The highest BCUT2D eigenvalue weighted by atomic mass is 32.1. The first-order chi connectivity index (χ1) is 72.4. The van der Waals surface area contributed by atoms with Crippen molar-refractivity contribution < 1.29 is 8.83 Å². The molecule has 0 saturated heterocycles. The van der Waals surface area contributed by atoms with E-state index in [0.717, 1.165) is 71.7 Å². The summed E-state index contributed by atoms with van der Waals surface area (Å²) in [5.74, 6) is 0. The van der Waals surface area contributed by atoms with Crippen LogP contribution in [-0.4, -0.2) is 0 Å². The van der Waals surface area contributed by atoms with E-state index in [9.17, 15) is 0 Å². The Morgan fingerprint density at radius 1 is 0.137 bits per heavy atom. The molecule has 3 aromatic heterocycles. The molecule has 0 N–H and O–H groups in total. The number of rotatable bonds is 5. The van der Waals surface area contributed by atoms with Gasteiger partial charge in [0.15, 0.2) is 0 Å². The molecule has 0 aliphatic heterocycles. The van der Waals surface area contributed by atoms with Crippen LogP contribution in [0.2, 0.25) is 0 Å². The van der Waals surface area contributed by atoms with E-state index in [2.05, 4.69) is 461 Å². The van der Waals surface area contributed by atoms with Crippen LogP contribution in [0.5, 0.6) is 0 Å². The Hall–Kier alpha value is -18.4. The van der Waals surface area contributed by atoms with Gasteiger partial charge < -0.3 is 8.83 Å². The molecule has 3 atom stereocenters. The first-order valence-electron chi connectivity index (χ1n) is 51.1. The van der Waals surface area contributed by atoms with E-state index in [4.69, 9.17) is 8.83 Å². The lowest BCUT2D eigenvalue weighted by Gasteiger charge is -2.31. The van der Waals surface area contributed by atoms with Gasteiger partial charge in [0.25, 0.3) is 0 Å². The maximum atomic E-state index is 7.40. The molecule has 0 fully saturated rings. The van der Waals surface area contributed by atoms with Crippen molar-refractivity contribution in [1.29, 1.82) is 0 Å². The van der Waals surface area contributed by atoms with E-state index >= 15 is 0 Å². The van der Waals surface area contributed by atoms with Crippen molar-refractivity contribution >= 4 is 129 Å². The smallest absolute Gasteiger partial charge is 0.143 e. The molecule has 3 heterocycles. The van der Waals surface area contributed by atoms with Gasteiger partial charge in [0.05, 0.1) is 16.2 Å². The van der Waals surface area contributed by atoms with Crippen molar-refractivity contribution in [3.63, 3.8) is 0 Å². The van der Waals surface area contributed by atoms with Crippen molar-refractivity contribution in [2.45, 2.75) is 16.2 Å². The summed E-state index contributed by atoms with van der Waals surface area (Å²) in [4.78, 5) is 0. The lowest BCUT2D eigenvalue weighted by molar-refractivity contribution is 0.669. The van der Waals surface area contributed by atoms with Crippen molar-refractivity contribution in [3.05, 3.63) is 528 Å². The molecule has 3 spiro atoms. The fourth-order valence-corrected chi connectivity index (χ4v) is 31.0. The second-order valence-corrected chi connectivity index (χ2v) is 42.9. The summed E-state index contributed by atoms with van der Waals surface area (Å²) < 4.78 is 17.1. The van der Waals surface area contributed by atoms with Crippen molar-refractivity contribution in [1.82, 2.24) is 0 Å². The summed E-state index contributed by atoms with van der Waals surface area (Å²) in [6.45, 7) is 0. The molecule has 36 rings (SSSR count). The van der Waals surface area contributed by atoms with Gasteiger partial charge in [0, 0.05) is 47.3 Å². The van der Waals surface area contributed by atoms with Crippen LogP contribution >= 0.6 is 11.3 Å². The van der Waals surface area contributed by atoms with Crippen molar-refractivity contribution in [2.24, 2.45) is 0 Å². The quantitative estimate of drug-likeness (QED) is 0.161. The molecular weight excluding hydrogens is 1780 g/mol. The molecule has 3 heteroatoms. The molecule has 146 heavy (non-hydrogen) atoms. The third-order valence-corrected chi connectivity index (χ3v) is 36.7. The molecule has 0 radical (unpaired) electrons. The normalized spacial score (nSPS) is 16.2. The Labute approximate surface area is 842 Å². The number of fused-ring (bicyclic) bond motifs is 53. The predicted octanol–water partition coefficient (Wildman–Crippen LogP) is 38.3. The molecule has 2 nitrogen and oxygen atoms in total. The molecule has 28 aromatic rings. The van der Waals surface area contributed by atoms with Crippen LogP contribution in [0.3, 0.4) is 0 Å². The zero-order chi connectivity index (χ0) is 94.3. The van der Waals surface area contributed by atoms with Gasteiger partial charge in [-0.1, -0.05) is 358 Å². The maximum Gasteiger partial charge on any atom is 0.143 e. The number of para-hydroxylation sites is 1. The second kappa shape index (κ2) is 27.3. The standard InChI is InChI=1S/C143H76O2S/c1-3-27-89-87(25-1)93-59-53-77(80-54-60-96-110-68-81(56-62-129(110)144-131(96)72-80)84-39-24-51-125-137(84)101-35-10-18-48-121(101)143(125)122-49-19-11-36-102(122)138-104-43-22-41-98-88-26-2-4-28-90(88)114(134(98)104)75-127(138)143)65-105(93)106-73-109-95-32-8-15-45-118(95)142(126(109)74-107(89)106)120-47-17-9-34-100(120)136-85(38-23-50-124(136)142)82-57-63-130-111(69-82)99-42-21-40-86(140(99)145-130)83-70-113-91-29-5-6-30-92(91)115-76-128-139(116(71-83)135(113)115)103-37-12-16-46-119(103)141(128)117-44-14-7-31-94(117)108-66-78(55-61-123(108)141)79-58-64-133-112(67-79)97-33-13-20-52-132(97)146-133/h1-76H. The zero-order valence-electron chi connectivity index (χ0n) is 78.6. The Morgan fingerprint density at radius 2 is 0.493 bits per heavy atom. The number of thiophene rings is 1. The molecule has 0 amide bonds. The number of benzene rings is 25. The van der Waals surface area contributed by atoms with E-state index in [1.807, 2.05) is 11.3 Å². The highest BCUT2D eigenvalue weighted by Crippen LogP contribution is 2.72. The van der Waals surface area contributed by atoms with Gasteiger partial charge in [0.1, 0.15) is 22.3 Å². The zero-order valence-corrected chi connectivity index (χ0v) is 79.4. The molecule has 8 aliphatic carbocycles.